The van der Waals surface area contributed by atoms with Crippen molar-refractivity contribution in [1.29, 1.82) is 0 Å². The second-order valence-electron chi connectivity index (χ2n) is 6.01. The lowest BCUT2D eigenvalue weighted by molar-refractivity contribution is 0.0995. The Labute approximate surface area is 130 Å². The SMILES string of the molecule is Cc1ncc(C(N)=O)nc1-c1ccc(C2CCCCC2)cc1. The van der Waals surface area contributed by atoms with Crippen LogP contribution in [0.2, 0.25) is 0 Å². The van der Waals surface area contributed by atoms with E-state index in [1.54, 1.807) is 0 Å². The standard InChI is InChI=1S/C18H21N3O/c1-12-17(21-16(11-20-12)18(19)22)15-9-7-14(8-10-15)13-5-3-2-4-6-13/h7-11,13H,2-6H2,1H3,(H2,19,22). The zero-order chi connectivity index (χ0) is 15.5. The molecule has 0 atom stereocenters. The van der Waals surface area contributed by atoms with E-state index in [1.807, 2.05) is 6.92 Å². The Balaban J connectivity index is 1.89. The molecular weight excluding hydrogens is 274 g/mol. The normalized spacial score (nSPS) is 15.7. The maximum Gasteiger partial charge on any atom is 0.268 e. The number of benzene rings is 1. The quantitative estimate of drug-likeness (QED) is 0.940. The lowest BCUT2D eigenvalue weighted by Gasteiger charge is -2.22. The van der Waals surface area contributed by atoms with Crippen LogP contribution in [-0.2, 0) is 0 Å². The highest BCUT2D eigenvalue weighted by Crippen LogP contribution is 2.33. The molecule has 4 heteroatoms. The Bertz CT molecular complexity index is 673. The lowest BCUT2D eigenvalue weighted by Crippen LogP contribution is -2.14. The van der Waals surface area contributed by atoms with E-state index in [-0.39, 0.29) is 5.69 Å². The molecule has 1 fully saturated rings. The van der Waals surface area contributed by atoms with Crippen molar-refractivity contribution in [3.8, 4) is 11.3 Å². The van der Waals surface area contributed by atoms with E-state index in [0.29, 0.717) is 5.92 Å². The largest absolute Gasteiger partial charge is 0.364 e. The number of hydrogen-bond donors (Lipinski definition) is 1. The van der Waals surface area contributed by atoms with Gasteiger partial charge in [0.15, 0.2) is 0 Å². The average Bonchev–Trinajstić information content (AvgIpc) is 2.56. The average molecular weight is 295 g/mol. The highest BCUT2D eigenvalue weighted by atomic mass is 16.1. The summed E-state index contributed by atoms with van der Waals surface area (Å²) in [7, 11) is 0. The molecule has 114 valence electrons. The summed E-state index contributed by atoms with van der Waals surface area (Å²) in [4.78, 5) is 19.8. The number of amides is 1. The van der Waals surface area contributed by atoms with Crippen molar-refractivity contribution in [2.45, 2.75) is 44.9 Å². The van der Waals surface area contributed by atoms with Crippen LogP contribution in [0.4, 0.5) is 0 Å². The summed E-state index contributed by atoms with van der Waals surface area (Å²) in [5.41, 5.74) is 9.41. The zero-order valence-electron chi connectivity index (χ0n) is 12.9. The van der Waals surface area contributed by atoms with Crippen LogP contribution in [0, 0.1) is 6.92 Å². The predicted molar refractivity (Wildman–Crippen MR) is 86.5 cm³/mol. The second-order valence-corrected chi connectivity index (χ2v) is 6.01. The fourth-order valence-corrected chi connectivity index (χ4v) is 3.19. The molecule has 0 bridgehead atoms. The third-order valence-electron chi connectivity index (χ3n) is 4.47. The first kappa shape index (κ1) is 14.7. The van der Waals surface area contributed by atoms with Crippen molar-refractivity contribution in [2.75, 3.05) is 0 Å². The van der Waals surface area contributed by atoms with Crippen molar-refractivity contribution in [1.82, 2.24) is 9.97 Å². The molecule has 0 aliphatic heterocycles. The first-order chi connectivity index (χ1) is 10.6. The molecule has 1 aliphatic carbocycles. The zero-order valence-corrected chi connectivity index (χ0v) is 12.9. The van der Waals surface area contributed by atoms with Gasteiger partial charge in [-0.05, 0) is 31.2 Å². The van der Waals surface area contributed by atoms with Gasteiger partial charge < -0.3 is 5.73 Å². The number of aromatic nitrogens is 2. The molecule has 22 heavy (non-hydrogen) atoms. The van der Waals surface area contributed by atoms with Gasteiger partial charge in [0, 0.05) is 5.56 Å². The highest BCUT2D eigenvalue weighted by molar-refractivity contribution is 5.91. The van der Waals surface area contributed by atoms with E-state index in [1.165, 1.54) is 43.9 Å². The van der Waals surface area contributed by atoms with Gasteiger partial charge in [0.1, 0.15) is 5.69 Å². The van der Waals surface area contributed by atoms with E-state index in [9.17, 15) is 4.79 Å². The summed E-state index contributed by atoms with van der Waals surface area (Å²) in [5, 5.41) is 0. The smallest absolute Gasteiger partial charge is 0.268 e. The van der Waals surface area contributed by atoms with E-state index < -0.39 is 5.91 Å². The number of hydrogen-bond acceptors (Lipinski definition) is 3. The number of nitrogens with two attached hydrogens (primary N) is 1. The lowest BCUT2D eigenvalue weighted by atomic mass is 9.84. The van der Waals surface area contributed by atoms with Gasteiger partial charge in [0.05, 0.1) is 17.6 Å². The number of nitrogens with zero attached hydrogens (tertiary/aromatic N) is 2. The molecule has 0 saturated heterocycles. The van der Waals surface area contributed by atoms with Crippen molar-refractivity contribution in [3.63, 3.8) is 0 Å². The van der Waals surface area contributed by atoms with E-state index >= 15 is 0 Å². The molecule has 1 saturated carbocycles. The minimum atomic E-state index is -0.549. The Kier molecular flexibility index (Phi) is 4.18. The van der Waals surface area contributed by atoms with Crippen molar-refractivity contribution in [3.05, 3.63) is 47.4 Å². The van der Waals surface area contributed by atoms with Crippen LogP contribution in [0.15, 0.2) is 30.5 Å². The van der Waals surface area contributed by atoms with Crippen molar-refractivity contribution >= 4 is 5.91 Å². The Morgan fingerprint density at radius 3 is 2.45 bits per heavy atom. The summed E-state index contributed by atoms with van der Waals surface area (Å²) >= 11 is 0. The minimum absolute atomic E-state index is 0.206. The summed E-state index contributed by atoms with van der Waals surface area (Å²) in [6.45, 7) is 1.89. The van der Waals surface area contributed by atoms with Gasteiger partial charge >= 0.3 is 0 Å². The van der Waals surface area contributed by atoms with Crippen LogP contribution in [0.5, 0.6) is 0 Å². The topological polar surface area (TPSA) is 68.9 Å². The van der Waals surface area contributed by atoms with Gasteiger partial charge in [-0.15, -0.1) is 0 Å². The highest BCUT2D eigenvalue weighted by Gasteiger charge is 2.16. The van der Waals surface area contributed by atoms with Crippen LogP contribution in [0.1, 0.15) is 59.8 Å². The Morgan fingerprint density at radius 2 is 1.82 bits per heavy atom. The first-order valence-corrected chi connectivity index (χ1v) is 7.89. The van der Waals surface area contributed by atoms with Crippen molar-refractivity contribution < 1.29 is 4.79 Å². The molecule has 2 N–H and O–H groups in total. The van der Waals surface area contributed by atoms with Crippen molar-refractivity contribution in [2.24, 2.45) is 5.73 Å². The fraction of sp³-hybridized carbons (Fsp3) is 0.389. The number of primary amides is 1. The number of rotatable bonds is 3. The second kappa shape index (κ2) is 6.26. The first-order valence-electron chi connectivity index (χ1n) is 7.89. The van der Waals surface area contributed by atoms with Gasteiger partial charge in [-0.2, -0.15) is 0 Å². The minimum Gasteiger partial charge on any atom is -0.364 e. The molecule has 4 nitrogen and oxygen atoms in total. The van der Waals surface area contributed by atoms with Crippen LogP contribution < -0.4 is 5.73 Å². The summed E-state index contributed by atoms with van der Waals surface area (Å²) in [6.07, 6.45) is 8.03. The number of carbonyl (C=O) groups excluding carboxylic acids is 1. The molecule has 1 aliphatic rings. The van der Waals surface area contributed by atoms with Crippen LogP contribution in [-0.4, -0.2) is 15.9 Å². The third-order valence-corrected chi connectivity index (χ3v) is 4.47. The van der Waals surface area contributed by atoms with E-state index in [4.69, 9.17) is 5.73 Å². The molecule has 0 unspecified atom stereocenters. The van der Waals surface area contributed by atoms with Crippen LogP contribution >= 0.6 is 0 Å². The summed E-state index contributed by atoms with van der Waals surface area (Å²) in [5.74, 6) is 0.138. The molecule has 1 heterocycles. The molecular formula is C18H21N3O. The maximum absolute atomic E-state index is 11.3. The van der Waals surface area contributed by atoms with E-state index in [2.05, 4.69) is 34.2 Å². The van der Waals surface area contributed by atoms with Gasteiger partial charge in [0.2, 0.25) is 0 Å². The number of carbonyl (C=O) groups is 1. The predicted octanol–water partition coefficient (Wildman–Crippen LogP) is 3.60. The molecule has 2 aromatic rings. The van der Waals surface area contributed by atoms with E-state index in [0.717, 1.165) is 17.0 Å². The number of aryl methyl sites for hydroxylation is 1. The summed E-state index contributed by atoms with van der Waals surface area (Å²) < 4.78 is 0. The van der Waals surface area contributed by atoms with Gasteiger partial charge in [-0.25, -0.2) is 4.98 Å². The Morgan fingerprint density at radius 1 is 1.14 bits per heavy atom. The summed E-state index contributed by atoms with van der Waals surface area (Å²) in [6, 6.07) is 8.52. The fourth-order valence-electron chi connectivity index (χ4n) is 3.19. The van der Waals surface area contributed by atoms with Gasteiger partial charge in [-0.1, -0.05) is 43.5 Å². The third kappa shape index (κ3) is 3.01. The molecule has 1 amide bonds. The Hall–Kier alpha value is -2.23. The molecule has 1 aromatic carbocycles. The van der Waals surface area contributed by atoms with Gasteiger partial charge in [-0.3, -0.25) is 9.78 Å². The molecule has 1 aromatic heterocycles. The van der Waals surface area contributed by atoms with Gasteiger partial charge in [0.25, 0.3) is 5.91 Å². The maximum atomic E-state index is 11.3. The monoisotopic (exact) mass is 295 g/mol. The molecule has 0 radical (unpaired) electrons. The van der Waals surface area contributed by atoms with Crippen LogP contribution in [0.25, 0.3) is 11.3 Å². The molecule has 3 rings (SSSR count). The van der Waals surface area contributed by atoms with Crippen LogP contribution in [0.3, 0.4) is 0 Å². The molecule has 0 spiro atoms.